The van der Waals surface area contributed by atoms with Gasteiger partial charge in [-0.2, -0.15) is 0 Å². The number of allylic oxidation sites excluding steroid dienone is 4. The summed E-state index contributed by atoms with van der Waals surface area (Å²) in [5, 5.41) is 0. The summed E-state index contributed by atoms with van der Waals surface area (Å²) >= 11 is 0. The van der Waals surface area contributed by atoms with Crippen molar-refractivity contribution in [2.45, 2.75) is 33.6 Å². The number of hydrogen-bond acceptors (Lipinski definition) is 1. The second-order valence-corrected chi connectivity index (χ2v) is 2.92. The minimum absolute atomic E-state index is 0.826. The van der Waals surface area contributed by atoms with Crippen molar-refractivity contribution in [1.82, 2.24) is 0 Å². The molecule has 0 aromatic heterocycles. The van der Waals surface area contributed by atoms with Gasteiger partial charge in [-0.15, -0.1) is 0 Å². The van der Waals surface area contributed by atoms with Gasteiger partial charge in [0.15, 0.2) is 0 Å². The Hall–Kier alpha value is -0.850. The van der Waals surface area contributed by atoms with Crippen LogP contribution in [0.2, 0.25) is 0 Å². The third kappa shape index (κ3) is 7.04. The summed E-state index contributed by atoms with van der Waals surface area (Å²) in [5.74, 6) is 0. The Kier molecular flexibility index (Phi) is 5.44. The topological polar surface area (TPSA) is 17.1 Å². The quantitative estimate of drug-likeness (QED) is 0.262. The van der Waals surface area contributed by atoms with E-state index in [0.717, 1.165) is 24.7 Å². The normalized spacial score (nSPS) is 11.0. The molecule has 0 aromatic rings. The maximum absolute atomic E-state index is 10.1. The summed E-state index contributed by atoms with van der Waals surface area (Å²) < 4.78 is 0. The summed E-state index contributed by atoms with van der Waals surface area (Å²) in [6, 6.07) is 0. The van der Waals surface area contributed by atoms with E-state index in [2.05, 4.69) is 19.9 Å². The summed E-state index contributed by atoms with van der Waals surface area (Å²) in [7, 11) is 0. The van der Waals surface area contributed by atoms with Crippen LogP contribution in [0.25, 0.3) is 0 Å². The van der Waals surface area contributed by atoms with E-state index in [0.29, 0.717) is 0 Å². The van der Waals surface area contributed by atoms with Crippen LogP contribution in [0.15, 0.2) is 23.3 Å². The smallest absolute Gasteiger partial charge is 0.145 e. The van der Waals surface area contributed by atoms with Crippen molar-refractivity contribution in [1.29, 1.82) is 0 Å². The van der Waals surface area contributed by atoms with Crippen LogP contribution in [-0.2, 0) is 4.79 Å². The highest BCUT2D eigenvalue weighted by Gasteiger charge is 1.83. The van der Waals surface area contributed by atoms with Gasteiger partial charge in [-0.25, -0.2) is 0 Å². The Labute approximate surface area is 68.8 Å². The molecule has 0 saturated carbocycles. The van der Waals surface area contributed by atoms with Gasteiger partial charge in [-0.1, -0.05) is 17.7 Å². The van der Waals surface area contributed by atoms with Gasteiger partial charge < -0.3 is 0 Å². The first kappa shape index (κ1) is 10.2. The zero-order valence-electron chi connectivity index (χ0n) is 7.55. The van der Waals surface area contributed by atoms with Crippen molar-refractivity contribution in [3.05, 3.63) is 23.3 Å². The molecule has 11 heavy (non-hydrogen) atoms. The first-order valence-corrected chi connectivity index (χ1v) is 3.92. The Bertz CT molecular complexity index is 171. The van der Waals surface area contributed by atoms with Gasteiger partial charge in [0, 0.05) is 0 Å². The highest BCUT2D eigenvalue weighted by atomic mass is 16.1. The number of carbonyl (C=O) groups excluding carboxylic acids is 1. The number of rotatable bonds is 4. The van der Waals surface area contributed by atoms with Gasteiger partial charge in [0.1, 0.15) is 6.29 Å². The fourth-order valence-electron chi connectivity index (χ4n) is 0.731. The van der Waals surface area contributed by atoms with Crippen LogP contribution in [0.4, 0.5) is 0 Å². The molecule has 0 aliphatic rings. The molecular formula is C10H16O. The van der Waals surface area contributed by atoms with Gasteiger partial charge in [0.2, 0.25) is 0 Å². The minimum Gasteiger partial charge on any atom is -0.298 e. The lowest BCUT2D eigenvalue weighted by Crippen LogP contribution is -1.76. The molecule has 1 nitrogen and oxygen atoms in total. The fraction of sp³-hybridized carbons (Fsp3) is 0.500. The number of aldehydes is 1. The predicted octanol–water partition coefficient (Wildman–Crippen LogP) is 2.88. The molecule has 0 heterocycles. The van der Waals surface area contributed by atoms with Gasteiger partial charge >= 0.3 is 0 Å². The molecule has 1 heteroatoms. The van der Waals surface area contributed by atoms with Crippen LogP contribution in [0, 0.1) is 0 Å². The maximum atomic E-state index is 10.1. The molecule has 0 rings (SSSR count). The van der Waals surface area contributed by atoms with E-state index in [1.54, 1.807) is 0 Å². The van der Waals surface area contributed by atoms with Crippen LogP contribution < -0.4 is 0 Å². The first-order chi connectivity index (χ1) is 5.16. The standard InChI is InChI=1S/C10H16O/c1-9(2)6-4-5-7-10(3)8-11/h6-8H,4-5H2,1-3H3/b10-7+. The molecule has 0 spiro atoms. The summed E-state index contributed by atoms with van der Waals surface area (Å²) in [5.41, 5.74) is 2.16. The van der Waals surface area contributed by atoms with E-state index in [9.17, 15) is 4.79 Å². The molecule has 0 saturated heterocycles. The number of carbonyl (C=O) groups is 1. The molecule has 62 valence electrons. The summed E-state index contributed by atoms with van der Waals surface area (Å²) in [4.78, 5) is 10.1. The monoisotopic (exact) mass is 152 g/mol. The van der Waals surface area contributed by atoms with Crippen LogP contribution in [0.5, 0.6) is 0 Å². The van der Waals surface area contributed by atoms with Crippen molar-refractivity contribution >= 4 is 6.29 Å². The van der Waals surface area contributed by atoms with E-state index in [-0.39, 0.29) is 0 Å². The molecule has 0 radical (unpaired) electrons. The van der Waals surface area contributed by atoms with Crippen LogP contribution in [0.1, 0.15) is 33.6 Å². The molecule has 0 aliphatic carbocycles. The summed E-state index contributed by atoms with van der Waals surface area (Å²) in [6.07, 6.45) is 7.03. The van der Waals surface area contributed by atoms with E-state index in [1.807, 2.05) is 13.0 Å². The lowest BCUT2D eigenvalue weighted by molar-refractivity contribution is -0.104. The molecule has 0 amide bonds. The van der Waals surface area contributed by atoms with E-state index in [1.165, 1.54) is 5.57 Å². The number of hydrogen-bond donors (Lipinski definition) is 0. The van der Waals surface area contributed by atoms with Crippen molar-refractivity contribution in [3.63, 3.8) is 0 Å². The molecule has 0 aromatic carbocycles. The Balaban J connectivity index is 3.57. The zero-order chi connectivity index (χ0) is 8.69. The van der Waals surface area contributed by atoms with E-state index in [4.69, 9.17) is 0 Å². The number of unbranched alkanes of at least 4 members (excludes halogenated alkanes) is 1. The molecule has 0 N–H and O–H groups in total. The fourth-order valence-corrected chi connectivity index (χ4v) is 0.731. The van der Waals surface area contributed by atoms with Crippen molar-refractivity contribution in [2.75, 3.05) is 0 Å². The third-order valence-electron chi connectivity index (χ3n) is 1.37. The molecule has 0 atom stereocenters. The van der Waals surface area contributed by atoms with Gasteiger partial charge in [-0.3, -0.25) is 4.79 Å². The average Bonchev–Trinajstić information content (AvgIpc) is 1.97. The molecule has 0 fully saturated rings. The molecular weight excluding hydrogens is 136 g/mol. The van der Waals surface area contributed by atoms with Gasteiger partial charge in [-0.05, 0) is 39.2 Å². The predicted molar refractivity (Wildman–Crippen MR) is 48.5 cm³/mol. The average molecular weight is 152 g/mol. The second-order valence-electron chi connectivity index (χ2n) is 2.92. The maximum Gasteiger partial charge on any atom is 0.145 e. The van der Waals surface area contributed by atoms with Gasteiger partial charge in [0.25, 0.3) is 0 Å². The minimum atomic E-state index is 0.826. The SMILES string of the molecule is CC(C)=CCC/C=C(\C)C=O. The first-order valence-electron chi connectivity index (χ1n) is 3.92. The van der Waals surface area contributed by atoms with Crippen molar-refractivity contribution < 1.29 is 4.79 Å². The zero-order valence-corrected chi connectivity index (χ0v) is 7.55. The van der Waals surface area contributed by atoms with E-state index < -0.39 is 0 Å². The molecule has 0 aliphatic heterocycles. The largest absolute Gasteiger partial charge is 0.298 e. The highest BCUT2D eigenvalue weighted by Crippen LogP contribution is 1.99. The van der Waals surface area contributed by atoms with Crippen molar-refractivity contribution in [2.24, 2.45) is 0 Å². The lowest BCUT2D eigenvalue weighted by Gasteiger charge is -1.90. The Morgan fingerprint density at radius 2 is 1.64 bits per heavy atom. The van der Waals surface area contributed by atoms with Crippen LogP contribution in [-0.4, -0.2) is 6.29 Å². The molecule has 0 unspecified atom stereocenters. The van der Waals surface area contributed by atoms with Crippen LogP contribution >= 0.6 is 0 Å². The molecule has 0 bridgehead atoms. The lowest BCUT2D eigenvalue weighted by atomic mass is 10.2. The van der Waals surface area contributed by atoms with E-state index >= 15 is 0 Å². The highest BCUT2D eigenvalue weighted by molar-refractivity contribution is 5.71. The summed E-state index contributed by atoms with van der Waals surface area (Å²) in [6.45, 7) is 5.99. The second kappa shape index (κ2) is 5.90. The Morgan fingerprint density at radius 1 is 1.09 bits per heavy atom. The van der Waals surface area contributed by atoms with Gasteiger partial charge in [0.05, 0.1) is 0 Å². The van der Waals surface area contributed by atoms with Crippen LogP contribution in [0.3, 0.4) is 0 Å². The van der Waals surface area contributed by atoms with Crippen molar-refractivity contribution in [3.8, 4) is 0 Å². The third-order valence-corrected chi connectivity index (χ3v) is 1.37. The Morgan fingerprint density at radius 3 is 2.09 bits per heavy atom.